The Hall–Kier alpha value is -10.00. The molecule has 14 rings (SSSR count). The van der Waals surface area contributed by atoms with Gasteiger partial charge in [-0.25, -0.2) is 35.5 Å². The molecule has 7 saturated heterocycles. The zero-order valence-electron chi connectivity index (χ0n) is 75.2. The van der Waals surface area contributed by atoms with E-state index in [1.165, 1.54) is 89.1 Å². The van der Waals surface area contributed by atoms with Crippen molar-refractivity contribution in [2.45, 2.75) is 277 Å². The molecule has 56 heteroatoms. The third-order valence-corrected chi connectivity index (χ3v) is 28.2. The number of hydrogen-bond donors (Lipinski definition) is 6. The van der Waals surface area contributed by atoms with E-state index in [1.54, 1.807) is 57.2 Å². The Labute approximate surface area is 816 Å². The van der Waals surface area contributed by atoms with Crippen molar-refractivity contribution in [3.63, 3.8) is 0 Å². The lowest BCUT2D eigenvalue weighted by Gasteiger charge is -2.33. The molecule has 1 aromatic heterocycles. The van der Waals surface area contributed by atoms with Gasteiger partial charge in [0, 0.05) is 94.1 Å². The maximum absolute atomic E-state index is 15.1. The number of anilines is 1. The predicted molar refractivity (Wildman–Crippen MR) is 483 cm³/mol. The van der Waals surface area contributed by atoms with E-state index >= 15 is 13.2 Å². The summed E-state index contributed by atoms with van der Waals surface area (Å²) in [5.74, 6) is -7.79. The number of alkyl halides is 10. The van der Waals surface area contributed by atoms with Crippen LogP contribution in [0.3, 0.4) is 0 Å². The topological polar surface area (TPSA) is 646 Å². The molecule has 0 unspecified atom stereocenters. The number of carbonyl (C=O) groups is 12. The second-order valence-electron chi connectivity index (χ2n) is 34.3. The number of carbonyl (C=O) groups excluding carboxylic acids is 12. The van der Waals surface area contributed by atoms with E-state index < -0.39 is 220 Å². The normalized spacial score (nSPS) is 39.0. The van der Waals surface area contributed by atoms with Crippen LogP contribution in [-0.2, 0) is 90.7 Å². The Morgan fingerprint density at radius 2 is 0.723 bits per heavy atom. The van der Waals surface area contributed by atoms with Crippen LogP contribution in [0.25, 0.3) is 41.8 Å². The van der Waals surface area contributed by atoms with Crippen molar-refractivity contribution in [3.8, 4) is 0 Å². The van der Waals surface area contributed by atoms with Gasteiger partial charge < -0.3 is 64.4 Å². The monoisotopic (exact) mass is 2280 g/mol. The summed E-state index contributed by atoms with van der Waals surface area (Å²) in [5, 5.41) is 62.4. The first kappa shape index (κ1) is 112. The fraction of sp³-hybridized carbons (Fsp3) is 0.630. The van der Waals surface area contributed by atoms with E-state index in [4.69, 9.17) is 66.1 Å². The second-order valence-corrected chi connectivity index (χ2v) is 36.7. The first-order valence-corrected chi connectivity index (χ1v) is 46.2. The van der Waals surface area contributed by atoms with Crippen LogP contribution >= 0.6 is 67.8 Å². The summed E-state index contributed by atoms with van der Waals surface area (Å²) in [6, 6.07) is 1.38. The number of allylic oxidation sites excluding steroid dienone is 6. The summed E-state index contributed by atoms with van der Waals surface area (Å²) in [5.41, 5.74) is 19.0. The van der Waals surface area contributed by atoms with Gasteiger partial charge in [0.25, 0.3) is 0 Å². The van der Waals surface area contributed by atoms with Crippen LogP contribution in [0.15, 0.2) is 124 Å². The Bertz CT molecular complexity index is 5070. The van der Waals surface area contributed by atoms with Gasteiger partial charge >= 0.3 is 5.69 Å². The minimum atomic E-state index is -2.36. The molecule has 13 aliphatic heterocycles. The fourth-order valence-corrected chi connectivity index (χ4v) is 18.8. The molecule has 0 spiro atoms. The summed E-state index contributed by atoms with van der Waals surface area (Å²) >= 11 is 5.73. The molecule has 7 N–H and O–H groups in total. The van der Waals surface area contributed by atoms with Crippen molar-refractivity contribution < 1.29 is 147 Å². The largest absolute Gasteiger partial charge is 0.469 e. The number of rotatable bonds is 17. The summed E-state index contributed by atoms with van der Waals surface area (Å²) in [7, 11) is 0. The average molecular weight is 2280 g/mol. The van der Waals surface area contributed by atoms with Gasteiger partial charge in [-0.05, 0) is 126 Å². The molecule has 27 atom stereocenters. The molecule has 0 aromatic carbocycles. The highest BCUT2D eigenvalue weighted by atomic mass is 127. The van der Waals surface area contributed by atoms with Gasteiger partial charge in [-0.3, -0.25) is 91.5 Å². The van der Waals surface area contributed by atoms with Crippen molar-refractivity contribution in [1.29, 1.82) is 0 Å². The Balaban J connectivity index is 0.000000196. The Morgan fingerprint density at radius 1 is 0.438 bits per heavy atom. The molecular weight excluding hydrogens is 2180 g/mol. The number of azide groups is 4. The van der Waals surface area contributed by atoms with Crippen LogP contribution in [0, 0.1) is 17.8 Å². The maximum atomic E-state index is 15.1. The minimum absolute atomic E-state index is 0.00330. The molecule has 1 aromatic rings. The van der Waals surface area contributed by atoms with Gasteiger partial charge in [0.15, 0.2) is 135 Å². The standard InChI is InChI=1S/C13H17FN4O3.C12H14FIN4O3.C12H17FN6O2.C11H12FIN4O4.C11H13FINO4.C11H14FNO5.C11H12FNO4/c1-4-13(16-17-15)8(2)12(3,14)11(21-13)18-6-5-9(19)7-10(18)20;1-7-11(2,13)10(21-12(7,6-14)16-17-15)18-4-3-8(19)5-9(18)20;1-4-12(17-18-15)7(2)11(3,13)9(21-12)19-6-5-8(14)16-10(19)20;1-10(12)8(20)11(5-13,15-16-14)21-9(10)17-3-2-6(18)4-7(17)19;1-11(12)9(17)7(5-13)18-10(11)14-3-2-6(15)4-8(14)16;1-11(12)9(17)7(5-14)18-10(11)13-3-2-6(15)4-8(13)16;1-6-9(16)11(2,12)10(17-6)13-4-3-7(14)5-8(13)15/h5-6,8,11H,4,7H2,1-3H3;3-4,7,10H,5-6H2,1-2H3;5-7,9H,4H2,1-3H3,(H2,14,16,20);2-3,8-9,20H,4-5H2,1H3;2-3,7,9-10,17H,4-5H2,1H3;2-3,7,9-10,14,17H,4-5H2,1H3;3-4,9-10,16H,1,5H2,2H3/t8-,11+,12+,13+;7-,10+,11+,12+;7-,9+,11+,12+;8-,9+,10+,11+;2*7-,9-,10-,11-;9-,10-,11-/m0000111/s1. The number of ether oxygens (including phenoxy) is 7. The van der Waals surface area contributed by atoms with Crippen LogP contribution in [0.4, 0.5) is 36.6 Å². The lowest BCUT2D eigenvalue weighted by atomic mass is 9.84. The molecule has 0 aliphatic carbocycles. The molecule has 7 fully saturated rings. The minimum Gasteiger partial charge on any atom is -0.469 e. The van der Waals surface area contributed by atoms with Crippen molar-refractivity contribution in [2.75, 3.05) is 25.6 Å². The highest BCUT2D eigenvalue weighted by Crippen LogP contribution is 2.55. The quantitative estimate of drug-likeness (QED) is 0.0163. The third kappa shape index (κ3) is 22.6. The summed E-state index contributed by atoms with van der Waals surface area (Å²) in [6.45, 7) is 19.4. The first-order valence-electron chi connectivity index (χ1n) is 41.7. The predicted octanol–water partition coefficient (Wildman–Crippen LogP) is 8.15. The molecule has 0 saturated carbocycles. The second kappa shape index (κ2) is 43.8. The van der Waals surface area contributed by atoms with Crippen molar-refractivity contribution >= 4 is 144 Å². The number of hydrogen-bond acceptors (Lipinski definition) is 31. The van der Waals surface area contributed by atoms with E-state index in [0.717, 1.165) is 79.3 Å². The number of nitrogens with two attached hydrogens (primary N) is 1. The van der Waals surface area contributed by atoms with Crippen LogP contribution in [0.1, 0.15) is 141 Å². The van der Waals surface area contributed by atoms with E-state index in [2.05, 4.69) is 51.7 Å². The van der Waals surface area contributed by atoms with Gasteiger partial charge in [-0.2, -0.15) is 4.98 Å². The summed E-state index contributed by atoms with van der Waals surface area (Å²) < 4.78 is 143. The zero-order valence-corrected chi connectivity index (χ0v) is 81.7. The third-order valence-electron chi connectivity index (χ3n) is 25.2. The number of aliphatic hydroxyl groups excluding tert-OH is 5. The van der Waals surface area contributed by atoms with Gasteiger partial charge in [0.05, 0.1) is 51.2 Å². The Kier molecular flexibility index (Phi) is 35.9. The molecule has 13 aliphatic rings. The van der Waals surface area contributed by atoms with Gasteiger partial charge in [-0.15, -0.1) is 0 Å². The van der Waals surface area contributed by atoms with E-state index in [9.17, 15) is 100 Å². The molecular formula is C81H99F7I3N21O25. The lowest BCUT2D eigenvalue weighted by Crippen LogP contribution is -2.52. The molecule has 6 amide bonds. The van der Waals surface area contributed by atoms with Crippen LogP contribution in [0.5, 0.6) is 0 Å². The molecule has 0 bridgehead atoms. The SMILES string of the molecule is C=C1O[C@@H](N2C=CC(=O)CC2=O)[C@](C)(F)[C@@H]1O.CC[C@@]1(N=[N+]=[N-])O[C@@H](N2C=CC(=O)CC2=O)[C@](C)(F)[C@@H]1C.CC[C@@]1(N=[N+]=[N-])O[C@@H](n2ccc(N)nc2=O)[C@](C)(F)[C@@H]1C.C[C@@]1(F)[C@H](O)[C@@H](CI)O[C@H]1N1C=CC(=O)CC1=O.C[C@@]1(F)[C@H](O)[C@@H](CO)O[C@H]1N1C=CC(=O)CC1=O.C[C@H]1[C@@](C)(F)[C@H](N2C=CC(=O)CC2=O)O[C@@]1(CI)N=[N+]=[N-].C[C@]1(F)[C@H](N2C=CC(=O)CC2=O)O[C@@](CI)(N=[N+]=[N-])[C@H]1O. The number of nitrogens with zero attached hydrogens (tertiary/aromatic N) is 20. The number of halogens is 10. The highest BCUT2D eigenvalue weighted by Gasteiger charge is 2.68. The van der Waals surface area contributed by atoms with Crippen molar-refractivity contribution in [2.24, 2.45) is 38.2 Å². The molecule has 137 heavy (non-hydrogen) atoms. The number of aromatic nitrogens is 2. The molecule has 0 radical (unpaired) electrons. The smallest absolute Gasteiger partial charge is 0.351 e. The molecule has 748 valence electrons. The highest BCUT2D eigenvalue weighted by molar-refractivity contribution is 14.1. The Morgan fingerprint density at radius 3 is 1.01 bits per heavy atom. The molecule has 14 heterocycles. The number of aliphatic hydroxyl groups is 5. The van der Waals surface area contributed by atoms with Gasteiger partial charge in [0.1, 0.15) is 42.1 Å². The molecule has 46 nitrogen and oxygen atoms in total. The van der Waals surface area contributed by atoms with Gasteiger partial charge in [0.2, 0.25) is 41.7 Å². The summed E-state index contributed by atoms with van der Waals surface area (Å²) in [4.78, 5) is 170. The van der Waals surface area contributed by atoms with Crippen LogP contribution in [0.2, 0.25) is 0 Å². The van der Waals surface area contributed by atoms with Crippen molar-refractivity contribution in [1.82, 2.24) is 39.0 Å². The maximum Gasteiger partial charge on any atom is 0.351 e. The summed E-state index contributed by atoms with van der Waals surface area (Å²) in [6.07, 6.45) is -2.77. The first-order chi connectivity index (χ1) is 63.7. The number of amides is 6. The van der Waals surface area contributed by atoms with Crippen LogP contribution < -0.4 is 11.4 Å². The van der Waals surface area contributed by atoms with E-state index in [0.29, 0.717) is 4.43 Å². The lowest BCUT2D eigenvalue weighted by molar-refractivity contribution is -0.157. The number of ketones is 6. The van der Waals surface area contributed by atoms with E-state index in [-0.39, 0.29) is 94.3 Å². The van der Waals surface area contributed by atoms with Gasteiger partial charge in [-0.1, -0.05) is 129 Å². The van der Waals surface area contributed by atoms with Crippen molar-refractivity contribution in [3.05, 3.63) is 151 Å². The fourth-order valence-electron chi connectivity index (χ4n) is 16.3. The van der Waals surface area contributed by atoms with Crippen LogP contribution in [-0.4, -0.2) is 291 Å². The zero-order chi connectivity index (χ0) is 103. The average Bonchev–Trinajstić information content (AvgIpc) is 1.58. The number of nitrogen functional groups attached to an aromatic ring is 1. The van der Waals surface area contributed by atoms with E-state index in [1.807, 2.05) is 45.2 Å².